The molecule has 11 heavy (non-hydrogen) atoms. The zero-order valence-corrected chi connectivity index (χ0v) is 7.14. The van der Waals surface area contributed by atoms with Gasteiger partial charge in [-0.2, -0.15) is 0 Å². The van der Waals surface area contributed by atoms with Crippen LogP contribution in [0.4, 0.5) is 0 Å². The van der Waals surface area contributed by atoms with Crippen molar-refractivity contribution in [2.75, 3.05) is 19.8 Å². The lowest BCUT2D eigenvalue weighted by molar-refractivity contribution is 0.0248. The lowest BCUT2D eigenvalue weighted by Crippen LogP contribution is -2.14. The van der Waals surface area contributed by atoms with E-state index >= 15 is 0 Å². The Balaban J connectivity index is 1.98. The largest absolute Gasteiger partial charge is 0.376 e. The van der Waals surface area contributed by atoms with Crippen molar-refractivity contribution in [1.82, 2.24) is 0 Å². The molecular formula is C9H16O2. The maximum absolute atomic E-state index is 5.38. The highest BCUT2D eigenvalue weighted by atomic mass is 16.5. The SMILES string of the molecule is C=C(C)COCC1CCCO1. The first-order valence-corrected chi connectivity index (χ1v) is 4.13. The molecule has 0 N–H and O–H groups in total. The predicted molar refractivity (Wildman–Crippen MR) is 44.6 cm³/mol. The molecule has 1 aliphatic rings. The van der Waals surface area contributed by atoms with Gasteiger partial charge in [0.2, 0.25) is 0 Å². The summed E-state index contributed by atoms with van der Waals surface area (Å²) in [5, 5.41) is 0. The van der Waals surface area contributed by atoms with E-state index in [0.29, 0.717) is 12.7 Å². The van der Waals surface area contributed by atoms with Crippen molar-refractivity contribution in [1.29, 1.82) is 0 Å². The molecule has 1 aliphatic heterocycles. The summed E-state index contributed by atoms with van der Waals surface area (Å²) in [4.78, 5) is 0. The van der Waals surface area contributed by atoms with Crippen LogP contribution in [-0.2, 0) is 9.47 Å². The maximum Gasteiger partial charge on any atom is 0.0809 e. The number of rotatable bonds is 4. The smallest absolute Gasteiger partial charge is 0.0809 e. The summed E-state index contributed by atoms with van der Waals surface area (Å²) in [6.07, 6.45) is 2.67. The van der Waals surface area contributed by atoms with Crippen LogP contribution in [0.1, 0.15) is 19.8 Å². The van der Waals surface area contributed by atoms with Gasteiger partial charge < -0.3 is 9.47 Å². The second-order valence-electron chi connectivity index (χ2n) is 3.11. The quantitative estimate of drug-likeness (QED) is 0.577. The third kappa shape index (κ3) is 3.54. The molecule has 0 aromatic rings. The summed E-state index contributed by atoms with van der Waals surface area (Å²) >= 11 is 0. The van der Waals surface area contributed by atoms with Crippen LogP contribution in [0.15, 0.2) is 12.2 Å². The normalized spacial score (nSPS) is 23.9. The summed E-state index contributed by atoms with van der Waals surface area (Å²) in [5.41, 5.74) is 1.07. The molecule has 0 saturated carbocycles. The van der Waals surface area contributed by atoms with Gasteiger partial charge in [0.25, 0.3) is 0 Å². The van der Waals surface area contributed by atoms with Gasteiger partial charge in [0.05, 0.1) is 19.3 Å². The predicted octanol–water partition coefficient (Wildman–Crippen LogP) is 1.76. The van der Waals surface area contributed by atoms with Crippen LogP contribution in [0.5, 0.6) is 0 Å². The first-order valence-electron chi connectivity index (χ1n) is 4.13. The molecule has 0 aromatic heterocycles. The van der Waals surface area contributed by atoms with Gasteiger partial charge >= 0.3 is 0 Å². The van der Waals surface area contributed by atoms with E-state index in [2.05, 4.69) is 6.58 Å². The van der Waals surface area contributed by atoms with Gasteiger partial charge in [-0.25, -0.2) is 0 Å². The number of ether oxygens (including phenoxy) is 2. The lowest BCUT2D eigenvalue weighted by atomic mass is 10.2. The molecule has 2 heteroatoms. The number of hydrogen-bond acceptors (Lipinski definition) is 2. The van der Waals surface area contributed by atoms with E-state index < -0.39 is 0 Å². The summed E-state index contributed by atoms with van der Waals surface area (Å²) in [6.45, 7) is 8.02. The Hall–Kier alpha value is -0.340. The van der Waals surface area contributed by atoms with Crippen LogP contribution >= 0.6 is 0 Å². The van der Waals surface area contributed by atoms with Gasteiger partial charge in [0, 0.05) is 6.61 Å². The third-order valence-electron chi connectivity index (χ3n) is 1.68. The van der Waals surface area contributed by atoms with E-state index in [-0.39, 0.29) is 0 Å². The molecule has 0 spiro atoms. The molecule has 1 unspecified atom stereocenters. The minimum absolute atomic E-state index is 0.342. The van der Waals surface area contributed by atoms with Crippen LogP contribution < -0.4 is 0 Å². The van der Waals surface area contributed by atoms with Crippen molar-refractivity contribution in [3.63, 3.8) is 0 Å². The highest BCUT2D eigenvalue weighted by molar-refractivity contribution is 4.87. The zero-order chi connectivity index (χ0) is 8.10. The molecule has 0 radical (unpaired) electrons. The second-order valence-corrected chi connectivity index (χ2v) is 3.11. The zero-order valence-electron chi connectivity index (χ0n) is 7.14. The van der Waals surface area contributed by atoms with Crippen LogP contribution in [0, 0.1) is 0 Å². The monoisotopic (exact) mass is 156 g/mol. The van der Waals surface area contributed by atoms with Crippen LogP contribution in [0.2, 0.25) is 0 Å². The fourth-order valence-electron chi connectivity index (χ4n) is 1.14. The van der Waals surface area contributed by atoms with E-state index in [1.165, 1.54) is 6.42 Å². The van der Waals surface area contributed by atoms with Crippen molar-refractivity contribution in [3.05, 3.63) is 12.2 Å². The molecule has 1 atom stereocenters. The molecule has 1 rings (SSSR count). The highest BCUT2D eigenvalue weighted by Gasteiger charge is 2.14. The second kappa shape index (κ2) is 4.52. The van der Waals surface area contributed by atoms with Crippen molar-refractivity contribution in [2.45, 2.75) is 25.9 Å². The average molecular weight is 156 g/mol. The molecular weight excluding hydrogens is 140 g/mol. The van der Waals surface area contributed by atoms with E-state index in [1.54, 1.807) is 0 Å². The maximum atomic E-state index is 5.38. The topological polar surface area (TPSA) is 18.5 Å². The first kappa shape index (κ1) is 8.75. The molecule has 0 amide bonds. The lowest BCUT2D eigenvalue weighted by Gasteiger charge is -2.09. The fourth-order valence-corrected chi connectivity index (χ4v) is 1.14. The van der Waals surface area contributed by atoms with Crippen molar-refractivity contribution < 1.29 is 9.47 Å². The van der Waals surface area contributed by atoms with Gasteiger partial charge in [0.1, 0.15) is 0 Å². The summed E-state index contributed by atoms with van der Waals surface area (Å²) in [5.74, 6) is 0. The molecule has 64 valence electrons. The Morgan fingerprint density at radius 1 is 1.73 bits per heavy atom. The summed E-state index contributed by atoms with van der Waals surface area (Å²) in [6, 6.07) is 0. The highest BCUT2D eigenvalue weighted by Crippen LogP contribution is 2.11. The van der Waals surface area contributed by atoms with E-state index in [4.69, 9.17) is 9.47 Å². The summed E-state index contributed by atoms with van der Waals surface area (Å²) in [7, 11) is 0. The first-order chi connectivity index (χ1) is 5.29. The molecule has 2 nitrogen and oxygen atoms in total. The minimum Gasteiger partial charge on any atom is -0.376 e. The molecule has 0 aromatic carbocycles. The Kier molecular flexibility index (Phi) is 3.60. The Morgan fingerprint density at radius 3 is 3.09 bits per heavy atom. The van der Waals surface area contributed by atoms with Gasteiger partial charge in [-0.15, -0.1) is 0 Å². The molecule has 1 saturated heterocycles. The molecule has 0 bridgehead atoms. The van der Waals surface area contributed by atoms with Crippen LogP contribution in [0.3, 0.4) is 0 Å². The minimum atomic E-state index is 0.342. The molecule has 0 aliphatic carbocycles. The van der Waals surface area contributed by atoms with Gasteiger partial charge in [0.15, 0.2) is 0 Å². The summed E-state index contributed by atoms with van der Waals surface area (Å²) < 4.78 is 10.7. The Morgan fingerprint density at radius 2 is 2.55 bits per heavy atom. The number of hydrogen-bond donors (Lipinski definition) is 0. The Labute approximate surface area is 68.2 Å². The van der Waals surface area contributed by atoms with Gasteiger partial charge in [-0.05, 0) is 19.8 Å². The average Bonchev–Trinajstić information content (AvgIpc) is 2.39. The fraction of sp³-hybridized carbons (Fsp3) is 0.778. The van der Waals surface area contributed by atoms with Crippen LogP contribution in [-0.4, -0.2) is 25.9 Å². The van der Waals surface area contributed by atoms with Gasteiger partial charge in [-0.1, -0.05) is 12.2 Å². The van der Waals surface area contributed by atoms with Gasteiger partial charge in [-0.3, -0.25) is 0 Å². The third-order valence-corrected chi connectivity index (χ3v) is 1.68. The van der Waals surface area contributed by atoms with Crippen molar-refractivity contribution in [3.8, 4) is 0 Å². The Bertz CT molecular complexity index is 126. The van der Waals surface area contributed by atoms with Crippen molar-refractivity contribution >= 4 is 0 Å². The van der Waals surface area contributed by atoms with E-state index in [1.807, 2.05) is 6.92 Å². The van der Waals surface area contributed by atoms with Crippen molar-refractivity contribution in [2.24, 2.45) is 0 Å². The molecule has 1 fully saturated rings. The standard InChI is InChI=1S/C9H16O2/c1-8(2)6-10-7-9-4-3-5-11-9/h9H,1,3-7H2,2H3. The molecule has 1 heterocycles. The van der Waals surface area contributed by atoms with E-state index in [9.17, 15) is 0 Å². The van der Waals surface area contributed by atoms with Crippen LogP contribution in [0.25, 0.3) is 0 Å². The van der Waals surface area contributed by atoms with E-state index in [0.717, 1.165) is 25.2 Å².